The van der Waals surface area contributed by atoms with Crippen molar-refractivity contribution in [3.05, 3.63) is 59.5 Å². The lowest BCUT2D eigenvalue weighted by atomic mass is 10.1. The lowest BCUT2D eigenvalue weighted by Crippen LogP contribution is -2.23. The first-order chi connectivity index (χ1) is 13.5. The quantitative estimate of drug-likeness (QED) is 0.627. The molecule has 146 valence electrons. The Morgan fingerprint density at radius 1 is 1.25 bits per heavy atom. The van der Waals surface area contributed by atoms with E-state index >= 15 is 0 Å². The summed E-state index contributed by atoms with van der Waals surface area (Å²) in [5, 5.41) is 6.75. The molecule has 0 bridgehead atoms. The zero-order valence-corrected chi connectivity index (χ0v) is 17.2. The van der Waals surface area contributed by atoms with Crippen molar-refractivity contribution in [2.75, 3.05) is 12.4 Å². The molecule has 0 fully saturated rings. The number of hydrogen-bond donors (Lipinski definition) is 1. The zero-order chi connectivity index (χ0) is 20.1. The van der Waals surface area contributed by atoms with Crippen molar-refractivity contribution in [1.29, 1.82) is 0 Å². The summed E-state index contributed by atoms with van der Waals surface area (Å²) < 4.78 is 10.5. The highest BCUT2D eigenvalue weighted by Crippen LogP contribution is 2.24. The predicted molar refractivity (Wildman–Crippen MR) is 112 cm³/mol. The van der Waals surface area contributed by atoms with Gasteiger partial charge >= 0.3 is 0 Å². The molecule has 0 aliphatic rings. The summed E-state index contributed by atoms with van der Waals surface area (Å²) in [4.78, 5) is 16.9. The van der Waals surface area contributed by atoms with E-state index in [0.29, 0.717) is 17.5 Å². The van der Waals surface area contributed by atoms with Gasteiger partial charge in [-0.3, -0.25) is 4.79 Å². The van der Waals surface area contributed by atoms with Gasteiger partial charge in [-0.1, -0.05) is 29.4 Å². The second-order valence-electron chi connectivity index (χ2n) is 6.50. The number of thioether (sulfide) groups is 1. The minimum atomic E-state index is -0.257. The number of rotatable bonds is 7. The molecule has 0 spiro atoms. The van der Waals surface area contributed by atoms with E-state index in [1.54, 1.807) is 7.11 Å². The number of benzene rings is 2. The molecule has 0 saturated heterocycles. The summed E-state index contributed by atoms with van der Waals surface area (Å²) in [6, 6.07) is 13.5. The molecule has 3 aromatic rings. The average molecular weight is 398 g/mol. The maximum absolute atomic E-state index is 12.5. The van der Waals surface area contributed by atoms with Gasteiger partial charge in [-0.2, -0.15) is 4.98 Å². The maximum atomic E-state index is 12.5. The van der Waals surface area contributed by atoms with Gasteiger partial charge in [0.2, 0.25) is 17.6 Å². The molecular formula is C21H23N3O3S. The van der Waals surface area contributed by atoms with E-state index in [1.165, 1.54) is 11.8 Å². The molecule has 1 aromatic heterocycles. The highest BCUT2D eigenvalue weighted by molar-refractivity contribution is 7.99. The van der Waals surface area contributed by atoms with E-state index in [2.05, 4.69) is 15.5 Å². The predicted octanol–water partition coefficient (Wildman–Crippen LogP) is 4.62. The number of anilines is 1. The van der Waals surface area contributed by atoms with Gasteiger partial charge in [-0.05, 0) is 50.1 Å². The first-order valence-corrected chi connectivity index (χ1v) is 9.98. The van der Waals surface area contributed by atoms with Gasteiger partial charge in [0, 0.05) is 11.3 Å². The fourth-order valence-electron chi connectivity index (χ4n) is 2.57. The summed E-state index contributed by atoms with van der Waals surface area (Å²) in [5.74, 6) is 2.12. The Hall–Kier alpha value is -2.80. The Balaban J connectivity index is 1.58. The van der Waals surface area contributed by atoms with Crippen molar-refractivity contribution in [3.8, 4) is 17.1 Å². The number of carbonyl (C=O) groups is 1. The van der Waals surface area contributed by atoms with Crippen LogP contribution in [-0.4, -0.2) is 28.4 Å². The van der Waals surface area contributed by atoms with Gasteiger partial charge in [0.1, 0.15) is 5.75 Å². The second-order valence-corrected chi connectivity index (χ2v) is 7.83. The topological polar surface area (TPSA) is 77.2 Å². The van der Waals surface area contributed by atoms with E-state index < -0.39 is 0 Å². The molecule has 1 heterocycles. The first-order valence-electron chi connectivity index (χ1n) is 8.93. The summed E-state index contributed by atoms with van der Waals surface area (Å²) >= 11 is 1.45. The highest BCUT2D eigenvalue weighted by atomic mass is 32.2. The molecule has 0 radical (unpaired) electrons. The van der Waals surface area contributed by atoms with Gasteiger partial charge in [0.25, 0.3) is 0 Å². The van der Waals surface area contributed by atoms with Gasteiger partial charge < -0.3 is 14.6 Å². The zero-order valence-electron chi connectivity index (χ0n) is 16.4. The lowest BCUT2D eigenvalue weighted by Gasteiger charge is -2.13. The Labute approximate surface area is 168 Å². The third kappa shape index (κ3) is 4.92. The molecule has 28 heavy (non-hydrogen) atoms. The normalized spacial score (nSPS) is 11.9. The average Bonchev–Trinajstić information content (AvgIpc) is 3.18. The Bertz CT molecular complexity index is 971. The van der Waals surface area contributed by atoms with Gasteiger partial charge in [0.15, 0.2) is 0 Å². The third-order valence-electron chi connectivity index (χ3n) is 4.27. The SMILES string of the molecule is COc1cccc(-c2noc(CS[C@@H](C)C(=O)Nc3cc(C)ccc3C)n2)c1. The fraction of sp³-hybridized carbons (Fsp3) is 0.286. The van der Waals surface area contributed by atoms with E-state index in [0.717, 1.165) is 28.1 Å². The van der Waals surface area contributed by atoms with E-state index in [-0.39, 0.29) is 11.2 Å². The number of carbonyl (C=O) groups excluding carboxylic acids is 1. The van der Waals surface area contributed by atoms with Crippen LogP contribution in [0.1, 0.15) is 23.9 Å². The number of ether oxygens (including phenoxy) is 1. The number of aromatic nitrogens is 2. The fourth-order valence-corrected chi connectivity index (χ4v) is 3.29. The Morgan fingerprint density at radius 2 is 2.07 bits per heavy atom. The van der Waals surface area contributed by atoms with Crippen molar-refractivity contribution in [2.45, 2.75) is 31.8 Å². The number of aryl methyl sites for hydroxylation is 2. The van der Waals surface area contributed by atoms with Crippen LogP contribution in [0.3, 0.4) is 0 Å². The number of amides is 1. The molecule has 0 aliphatic heterocycles. The molecule has 7 heteroatoms. The first kappa shape index (κ1) is 19.9. The van der Waals surface area contributed by atoms with Crippen molar-refractivity contribution in [3.63, 3.8) is 0 Å². The minimum Gasteiger partial charge on any atom is -0.497 e. The van der Waals surface area contributed by atoms with Crippen LogP contribution in [0.25, 0.3) is 11.4 Å². The van der Waals surface area contributed by atoms with Crippen LogP contribution in [0.5, 0.6) is 5.75 Å². The second kappa shape index (κ2) is 8.93. The van der Waals surface area contributed by atoms with Crippen LogP contribution >= 0.6 is 11.8 Å². The van der Waals surface area contributed by atoms with Crippen LogP contribution in [-0.2, 0) is 10.5 Å². The molecule has 1 N–H and O–H groups in total. The number of methoxy groups -OCH3 is 1. The van der Waals surface area contributed by atoms with E-state index in [4.69, 9.17) is 9.26 Å². The molecular weight excluding hydrogens is 374 g/mol. The molecule has 1 amide bonds. The standard InChI is InChI=1S/C21H23N3O3S/c1-13-8-9-14(2)18(10-13)22-21(25)15(3)28-12-19-23-20(24-27-19)16-6-5-7-17(11-16)26-4/h5-11,15H,12H2,1-4H3,(H,22,25)/t15-/m0/s1. The van der Waals surface area contributed by atoms with Crippen molar-refractivity contribution < 1.29 is 14.1 Å². The van der Waals surface area contributed by atoms with Crippen molar-refractivity contribution in [1.82, 2.24) is 10.1 Å². The lowest BCUT2D eigenvalue weighted by molar-refractivity contribution is -0.115. The van der Waals surface area contributed by atoms with Gasteiger partial charge in [-0.15, -0.1) is 11.8 Å². The number of hydrogen-bond acceptors (Lipinski definition) is 6. The summed E-state index contributed by atoms with van der Waals surface area (Å²) in [6.45, 7) is 5.85. The molecule has 0 aliphatic carbocycles. The van der Waals surface area contributed by atoms with Crippen molar-refractivity contribution in [2.24, 2.45) is 0 Å². The monoisotopic (exact) mass is 397 g/mol. The summed E-state index contributed by atoms with van der Waals surface area (Å²) in [6.07, 6.45) is 0. The van der Waals surface area contributed by atoms with Crippen molar-refractivity contribution >= 4 is 23.4 Å². The third-order valence-corrected chi connectivity index (χ3v) is 5.40. The summed E-state index contributed by atoms with van der Waals surface area (Å²) in [5.41, 5.74) is 3.81. The van der Waals surface area contributed by atoms with Crippen LogP contribution < -0.4 is 10.1 Å². The van der Waals surface area contributed by atoms with Gasteiger partial charge in [0.05, 0.1) is 18.1 Å². The molecule has 1 atom stereocenters. The molecule has 0 saturated carbocycles. The summed E-state index contributed by atoms with van der Waals surface area (Å²) in [7, 11) is 1.61. The van der Waals surface area contributed by atoms with Gasteiger partial charge in [-0.25, -0.2) is 0 Å². The maximum Gasteiger partial charge on any atom is 0.237 e. The smallest absolute Gasteiger partial charge is 0.237 e. The van der Waals surface area contributed by atoms with E-state index in [1.807, 2.05) is 63.2 Å². The van der Waals surface area contributed by atoms with Crippen LogP contribution in [0.15, 0.2) is 47.0 Å². The van der Waals surface area contributed by atoms with Crippen LogP contribution in [0.2, 0.25) is 0 Å². The van der Waals surface area contributed by atoms with Crippen LogP contribution in [0.4, 0.5) is 5.69 Å². The highest BCUT2D eigenvalue weighted by Gasteiger charge is 2.17. The van der Waals surface area contributed by atoms with E-state index in [9.17, 15) is 4.79 Å². The number of nitrogens with one attached hydrogen (secondary N) is 1. The number of nitrogens with zero attached hydrogens (tertiary/aromatic N) is 2. The molecule has 0 unspecified atom stereocenters. The Kier molecular flexibility index (Phi) is 6.36. The molecule has 3 rings (SSSR count). The minimum absolute atomic E-state index is 0.0498. The van der Waals surface area contributed by atoms with Crippen LogP contribution in [0, 0.1) is 13.8 Å². The Morgan fingerprint density at radius 3 is 2.86 bits per heavy atom. The molecule has 6 nitrogen and oxygen atoms in total. The molecule has 2 aromatic carbocycles. The largest absolute Gasteiger partial charge is 0.497 e.